The second-order valence-electron chi connectivity index (χ2n) is 3.43. The Hall–Kier alpha value is -2.04. The molecule has 1 aromatic rings. The van der Waals surface area contributed by atoms with E-state index in [-0.39, 0.29) is 6.42 Å². The van der Waals surface area contributed by atoms with Gasteiger partial charge in [0.05, 0.1) is 19.8 Å². The number of rotatable bonds is 6. The van der Waals surface area contributed by atoms with Crippen molar-refractivity contribution in [3.63, 3.8) is 0 Å². The van der Waals surface area contributed by atoms with Crippen molar-refractivity contribution >= 4 is 12.3 Å². The summed E-state index contributed by atoms with van der Waals surface area (Å²) in [6, 6.07) is 3.28. The van der Waals surface area contributed by atoms with Gasteiger partial charge in [0, 0.05) is 6.42 Å². The molecule has 0 saturated heterocycles. The SMILES string of the molecule is COc1cc(CCC(=O)O)cc(C=O)c1OC. The minimum absolute atomic E-state index is 0.00772. The molecule has 92 valence electrons. The first-order valence-electron chi connectivity index (χ1n) is 5.04. The first kappa shape index (κ1) is 13.0. The Kier molecular flexibility index (Phi) is 4.51. The van der Waals surface area contributed by atoms with Crippen LogP contribution < -0.4 is 9.47 Å². The third-order valence-corrected chi connectivity index (χ3v) is 2.32. The van der Waals surface area contributed by atoms with Gasteiger partial charge in [-0.05, 0) is 24.1 Å². The van der Waals surface area contributed by atoms with Crippen molar-refractivity contribution in [2.75, 3.05) is 14.2 Å². The molecule has 0 amide bonds. The van der Waals surface area contributed by atoms with Crippen molar-refractivity contribution in [3.8, 4) is 11.5 Å². The largest absolute Gasteiger partial charge is 0.493 e. The van der Waals surface area contributed by atoms with E-state index in [1.807, 2.05) is 0 Å². The summed E-state index contributed by atoms with van der Waals surface area (Å²) in [6.45, 7) is 0. The van der Waals surface area contributed by atoms with Gasteiger partial charge in [-0.3, -0.25) is 9.59 Å². The Labute approximate surface area is 99.0 Å². The smallest absolute Gasteiger partial charge is 0.303 e. The first-order chi connectivity index (χ1) is 8.12. The van der Waals surface area contributed by atoms with E-state index in [1.54, 1.807) is 12.1 Å². The molecule has 17 heavy (non-hydrogen) atoms. The second kappa shape index (κ2) is 5.89. The van der Waals surface area contributed by atoms with Crippen molar-refractivity contribution in [2.24, 2.45) is 0 Å². The molecule has 0 unspecified atom stereocenters. The van der Waals surface area contributed by atoms with E-state index >= 15 is 0 Å². The topological polar surface area (TPSA) is 72.8 Å². The highest BCUT2D eigenvalue weighted by atomic mass is 16.5. The van der Waals surface area contributed by atoms with Gasteiger partial charge in [-0.15, -0.1) is 0 Å². The summed E-state index contributed by atoms with van der Waals surface area (Å²) in [7, 11) is 2.91. The van der Waals surface area contributed by atoms with E-state index in [0.29, 0.717) is 29.8 Å². The minimum Gasteiger partial charge on any atom is -0.493 e. The maximum atomic E-state index is 10.9. The Morgan fingerprint density at radius 3 is 2.53 bits per heavy atom. The number of carboxylic acids is 1. The summed E-state index contributed by atoms with van der Waals surface area (Å²) in [6.07, 6.45) is 1.01. The monoisotopic (exact) mass is 238 g/mol. The molecule has 0 aromatic heterocycles. The van der Waals surface area contributed by atoms with Crippen molar-refractivity contribution in [1.82, 2.24) is 0 Å². The Morgan fingerprint density at radius 2 is 2.06 bits per heavy atom. The van der Waals surface area contributed by atoms with Gasteiger partial charge in [0.2, 0.25) is 0 Å². The Balaban J connectivity index is 3.08. The van der Waals surface area contributed by atoms with Gasteiger partial charge in [0.15, 0.2) is 17.8 Å². The number of aldehydes is 1. The molecular weight excluding hydrogens is 224 g/mol. The summed E-state index contributed by atoms with van der Waals surface area (Å²) < 4.78 is 10.2. The van der Waals surface area contributed by atoms with Crippen LogP contribution in [0, 0.1) is 0 Å². The molecule has 0 spiro atoms. The molecule has 0 atom stereocenters. The normalized spacial score (nSPS) is 9.76. The highest BCUT2D eigenvalue weighted by molar-refractivity contribution is 5.82. The molecule has 1 N–H and O–H groups in total. The number of hydrogen-bond acceptors (Lipinski definition) is 4. The molecule has 0 saturated carbocycles. The number of carbonyl (C=O) groups excluding carboxylic acids is 1. The number of carbonyl (C=O) groups is 2. The average Bonchev–Trinajstić information content (AvgIpc) is 2.34. The van der Waals surface area contributed by atoms with Gasteiger partial charge in [0.25, 0.3) is 0 Å². The molecule has 1 aromatic carbocycles. The van der Waals surface area contributed by atoms with Crippen molar-refractivity contribution in [2.45, 2.75) is 12.8 Å². The summed E-state index contributed by atoms with van der Waals surface area (Å²) >= 11 is 0. The fourth-order valence-electron chi connectivity index (χ4n) is 1.54. The number of aliphatic carboxylic acids is 1. The molecule has 1 rings (SSSR count). The summed E-state index contributed by atoms with van der Waals surface area (Å²) in [5.74, 6) is -0.0912. The Morgan fingerprint density at radius 1 is 1.35 bits per heavy atom. The third-order valence-electron chi connectivity index (χ3n) is 2.32. The van der Waals surface area contributed by atoms with Crippen LogP contribution in [-0.4, -0.2) is 31.6 Å². The molecule has 5 nitrogen and oxygen atoms in total. The molecule has 0 aliphatic heterocycles. The standard InChI is InChI=1S/C12H14O5/c1-16-10-6-8(3-4-11(14)15)5-9(7-13)12(10)17-2/h5-7H,3-4H2,1-2H3,(H,14,15). The van der Waals surface area contributed by atoms with E-state index in [4.69, 9.17) is 14.6 Å². The van der Waals surface area contributed by atoms with Gasteiger partial charge < -0.3 is 14.6 Å². The molecule has 0 radical (unpaired) electrons. The average molecular weight is 238 g/mol. The zero-order valence-corrected chi connectivity index (χ0v) is 9.73. The lowest BCUT2D eigenvalue weighted by Gasteiger charge is -2.11. The van der Waals surface area contributed by atoms with E-state index in [9.17, 15) is 9.59 Å². The van der Waals surface area contributed by atoms with Crippen LogP contribution in [0.4, 0.5) is 0 Å². The summed E-state index contributed by atoms with van der Waals surface area (Å²) in [5.41, 5.74) is 1.08. The van der Waals surface area contributed by atoms with Gasteiger partial charge in [0.1, 0.15) is 0 Å². The number of methoxy groups -OCH3 is 2. The van der Waals surface area contributed by atoms with Crippen LogP contribution in [0.2, 0.25) is 0 Å². The fraction of sp³-hybridized carbons (Fsp3) is 0.333. The lowest BCUT2D eigenvalue weighted by Crippen LogP contribution is -2.01. The van der Waals surface area contributed by atoms with Crippen LogP contribution in [0.1, 0.15) is 22.3 Å². The van der Waals surface area contributed by atoms with E-state index < -0.39 is 5.97 Å². The second-order valence-corrected chi connectivity index (χ2v) is 3.43. The van der Waals surface area contributed by atoms with Crippen LogP contribution in [0.3, 0.4) is 0 Å². The molecule has 0 fully saturated rings. The highest BCUT2D eigenvalue weighted by Gasteiger charge is 2.12. The van der Waals surface area contributed by atoms with Gasteiger partial charge in [-0.25, -0.2) is 0 Å². The first-order valence-corrected chi connectivity index (χ1v) is 5.04. The zero-order valence-electron chi connectivity index (χ0n) is 9.73. The maximum absolute atomic E-state index is 10.9. The van der Waals surface area contributed by atoms with Crippen LogP contribution in [0.5, 0.6) is 11.5 Å². The molecule has 0 bridgehead atoms. The summed E-state index contributed by atoms with van der Waals surface area (Å²) in [4.78, 5) is 21.4. The quantitative estimate of drug-likeness (QED) is 0.761. The number of ether oxygens (including phenoxy) is 2. The number of carboxylic acid groups (broad SMARTS) is 1. The molecule has 0 aliphatic carbocycles. The third kappa shape index (κ3) is 3.21. The molecule has 0 aliphatic rings. The van der Waals surface area contributed by atoms with E-state index in [1.165, 1.54) is 14.2 Å². The number of benzene rings is 1. The lowest BCUT2D eigenvalue weighted by atomic mass is 10.1. The predicted molar refractivity (Wildman–Crippen MR) is 60.9 cm³/mol. The maximum Gasteiger partial charge on any atom is 0.303 e. The highest BCUT2D eigenvalue weighted by Crippen LogP contribution is 2.31. The summed E-state index contributed by atoms with van der Waals surface area (Å²) in [5, 5.41) is 8.60. The van der Waals surface area contributed by atoms with Crippen LogP contribution in [0.25, 0.3) is 0 Å². The predicted octanol–water partition coefficient (Wildman–Crippen LogP) is 1.53. The van der Waals surface area contributed by atoms with Crippen molar-refractivity contribution in [3.05, 3.63) is 23.3 Å². The zero-order chi connectivity index (χ0) is 12.8. The Bertz CT molecular complexity index is 425. The van der Waals surface area contributed by atoms with E-state index in [0.717, 1.165) is 5.56 Å². The van der Waals surface area contributed by atoms with Crippen molar-refractivity contribution < 1.29 is 24.2 Å². The van der Waals surface area contributed by atoms with Gasteiger partial charge >= 0.3 is 5.97 Å². The minimum atomic E-state index is -0.882. The van der Waals surface area contributed by atoms with Gasteiger partial charge in [-0.2, -0.15) is 0 Å². The lowest BCUT2D eigenvalue weighted by molar-refractivity contribution is -0.136. The molecular formula is C12H14O5. The fourth-order valence-corrected chi connectivity index (χ4v) is 1.54. The van der Waals surface area contributed by atoms with Crippen LogP contribution in [0.15, 0.2) is 12.1 Å². The van der Waals surface area contributed by atoms with Crippen LogP contribution in [-0.2, 0) is 11.2 Å². The van der Waals surface area contributed by atoms with E-state index in [2.05, 4.69) is 0 Å². The van der Waals surface area contributed by atoms with Crippen LogP contribution >= 0.6 is 0 Å². The number of aryl methyl sites for hydroxylation is 1. The van der Waals surface area contributed by atoms with Crippen molar-refractivity contribution in [1.29, 1.82) is 0 Å². The number of hydrogen-bond donors (Lipinski definition) is 1. The molecule has 5 heteroatoms. The van der Waals surface area contributed by atoms with Gasteiger partial charge in [-0.1, -0.05) is 0 Å². The molecule has 0 heterocycles.